The van der Waals surface area contributed by atoms with E-state index in [9.17, 15) is 0 Å². The van der Waals surface area contributed by atoms with Crippen molar-refractivity contribution in [2.75, 3.05) is 0 Å². The first-order valence-electron chi connectivity index (χ1n) is 7.02. The molecule has 0 radical (unpaired) electrons. The molecule has 102 valence electrons. The second-order valence-corrected chi connectivity index (χ2v) is 5.39. The van der Waals surface area contributed by atoms with Crippen LogP contribution in [0.25, 0.3) is 0 Å². The first-order chi connectivity index (χ1) is 9.31. The monoisotopic (exact) mass is 259 g/mol. The van der Waals surface area contributed by atoms with Crippen LogP contribution in [0.2, 0.25) is 0 Å². The number of nitrogens with zero attached hydrogens (tertiary/aromatic N) is 4. The van der Waals surface area contributed by atoms with E-state index in [0.717, 1.165) is 13.1 Å². The molecule has 5 nitrogen and oxygen atoms in total. The number of hydrogen-bond donors (Lipinski definition) is 1. The minimum Gasteiger partial charge on any atom is -0.308 e. The summed E-state index contributed by atoms with van der Waals surface area (Å²) < 4.78 is 3.98. The summed E-state index contributed by atoms with van der Waals surface area (Å²) in [6, 6.07) is 0.632. The van der Waals surface area contributed by atoms with Gasteiger partial charge in [-0.05, 0) is 12.8 Å². The van der Waals surface area contributed by atoms with Gasteiger partial charge in [-0.3, -0.25) is 9.36 Å². The average molecular weight is 259 g/mol. The molecule has 0 spiro atoms. The standard InChI is InChI=1S/C14H21N5/c1-18-10-12(8-16-18)6-15-7-13-9-17-19(11-13)14-4-2-3-5-14/h8-11,14-15H,2-7H2,1H3. The maximum Gasteiger partial charge on any atom is 0.0534 e. The lowest BCUT2D eigenvalue weighted by atomic mass is 10.2. The van der Waals surface area contributed by atoms with Gasteiger partial charge in [0.25, 0.3) is 0 Å². The predicted octanol–water partition coefficient (Wildman–Crippen LogP) is 2.02. The van der Waals surface area contributed by atoms with Crippen molar-refractivity contribution in [3.8, 4) is 0 Å². The zero-order chi connectivity index (χ0) is 13.1. The van der Waals surface area contributed by atoms with Crippen molar-refractivity contribution in [1.82, 2.24) is 24.9 Å². The molecule has 5 heteroatoms. The highest BCUT2D eigenvalue weighted by molar-refractivity contribution is 5.06. The lowest BCUT2D eigenvalue weighted by Gasteiger charge is -2.08. The van der Waals surface area contributed by atoms with Crippen molar-refractivity contribution in [1.29, 1.82) is 0 Å². The molecule has 0 atom stereocenters. The summed E-state index contributed by atoms with van der Waals surface area (Å²) in [5.74, 6) is 0. The largest absolute Gasteiger partial charge is 0.308 e. The summed E-state index contributed by atoms with van der Waals surface area (Å²) in [6.07, 6.45) is 13.4. The number of rotatable bonds is 5. The molecule has 2 heterocycles. The number of aryl methyl sites for hydroxylation is 1. The highest BCUT2D eigenvalue weighted by atomic mass is 15.3. The van der Waals surface area contributed by atoms with Crippen LogP contribution in [-0.4, -0.2) is 19.6 Å². The Morgan fingerprint density at radius 1 is 1.11 bits per heavy atom. The number of hydrogen-bond acceptors (Lipinski definition) is 3. The molecule has 0 unspecified atom stereocenters. The molecule has 0 amide bonds. The SMILES string of the molecule is Cn1cc(CNCc2cnn(C3CCCC3)c2)cn1. The molecule has 1 fully saturated rings. The molecule has 2 aromatic heterocycles. The molecule has 0 aromatic carbocycles. The van der Waals surface area contributed by atoms with E-state index in [1.807, 2.05) is 30.3 Å². The van der Waals surface area contributed by atoms with Crippen molar-refractivity contribution in [3.05, 3.63) is 35.9 Å². The van der Waals surface area contributed by atoms with E-state index < -0.39 is 0 Å². The average Bonchev–Trinajstić information content (AvgIpc) is 3.09. The second-order valence-electron chi connectivity index (χ2n) is 5.39. The molecule has 1 N–H and O–H groups in total. The summed E-state index contributed by atoms with van der Waals surface area (Å²) in [5, 5.41) is 12.1. The Hall–Kier alpha value is -1.62. The van der Waals surface area contributed by atoms with E-state index in [4.69, 9.17) is 0 Å². The zero-order valence-corrected chi connectivity index (χ0v) is 11.4. The van der Waals surface area contributed by atoms with Crippen LogP contribution < -0.4 is 5.32 Å². The minimum absolute atomic E-state index is 0.632. The highest BCUT2D eigenvalue weighted by Gasteiger charge is 2.17. The van der Waals surface area contributed by atoms with Crippen LogP contribution in [0, 0.1) is 0 Å². The molecule has 1 aliphatic rings. The first-order valence-corrected chi connectivity index (χ1v) is 7.02. The second kappa shape index (κ2) is 5.57. The predicted molar refractivity (Wildman–Crippen MR) is 73.5 cm³/mol. The van der Waals surface area contributed by atoms with E-state index in [0.29, 0.717) is 6.04 Å². The fourth-order valence-electron chi connectivity index (χ4n) is 2.75. The lowest BCUT2D eigenvalue weighted by Crippen LogP contribution is -2.12. The van der Waals surface area contributed by atoms with Gasteiger partial charge >= 0.3 is 0 Å². The number of nitrogens with one attached hydrogen (secondary N) is 1. The van der Waals surface area contributed by atoms with Crippen molar-refractivity contribution in [3.63, 3.8) is 0 Å². The van der Waals surface area contributed by atoms with Gasteiger partial charge in [-0.15, -0.1) is 0 Å². The quantitative estimate of drug-likeness (QED) is 0.893. The third-order valence-corrected chi connectivity index (χ3v) is 3.77. The van der Waals surface area contributed by atoms with Gasteiger partial charge in [-0.2, -0.15) is 10.2 Å². The van der Waals surface area contributed by atoms with E-state index in [-0.39, 0.29) is 0 Å². The van der Waals surface area contributed by atoms with Crippen LogP contribution >= 0.6 is 0 Å². The smallest absolute Gasteiger partial charge is 0.0534 e. The fourth-order valence-corrected chi connectivity index (χ4v) is 2.75. The molecule has 1 aliphatic carbocycles. The van der Waals surface area contributed by atoms with Crippen LogP contribution in [0.5, 0.6) is 0 Å². The highest BCUT2D eigenvalue weighted by Crippen LogP contribution is 2.28. The first kappa shape index (κ1) is 12.4. The van der Waals surface area contributed by atoms with E-state index >= 15 is 0 Å². The molecule has 19 heavy (non-hydrogen) atoms. The van der Waals surface area contributed by atoms with Gasteiger partial charge in [0.2, 0.25) is 0 Å². The fraction of sp³-hybridized carbons (Fsp3) is 0.571. The van der Waals surface area contributed by atoms with Crippen LogP contribution in [0.4, 0.5) is 0 Å². The molecule has 0 bridgehead atoms. The van der Waals surface area contributed by atoms with Crippen molar-refractivity contribution in [2.24, 2.45) is 7.05 Å². The van der Waals surface area contributed by atoms with Crippen LogP contribution in [0.15, 0.2) is 24.8 Å². The van der Waals surface area contributed by atoms with E-state index in [1.54, 1.807) is 0 Å². The Bertz CT molecular complexity index is 521. The molecular formula is C14H21N5. The number of aromatic nitrogens is 4. The summed E-state index contributed by atoms with van der Waals surface area (Å²) in [6.45, 7) is 1.71. The van der Waals surface area contributed by atoms with E-state index in [2.05, 4.69) is 26.4 Å². The van der Waals surface area contributed by atoms with Crippen LogP contribution in [-0.2, 0) is 20.1 Å². The third kappa shape index (κ3) is 3.04. The summed E-state index contributed by atoms with van der Waals surface area (Å²) in [7, 11) is 1.94. The Kier molecular flexibility index (Phi) is 3.64. The molecule has 0 saturated heterocycles. The lowest BCUT2D eigenvalue weighted by molar-refractivity contribution is 0.466. The van der Waals surface area contributed by atoms with Gasteiger partial charge in [-0.1, -0.05) is 12.8 Å². The van der Waals surface area contributed by atoms with Crippen LogP contribution in [0.1, 0.15) is 42.9 Å². The molecule has 1 saturated carbocycles. The topological polar surface area (TPSA) is 47.7 Å². The molecule has 3 rings (SSSR count). The maximum absolute atomic E-state index is 4.49. The minimum atomic E-state index is 0.632. The Morgan fingerprint density at radius 3 is 2.47 bits per heavy atom. The van der Waals surface area contributed by atoms with Gasteiger partial charge < -0.3 is 5.32 Å². The maximum atomic E-state index is 4.49. The van der Waals surface area contributed by atoms with Crippen molar-refractivity contribution >= 4 is 0 Å². The normalized spacial score (nSPS) is 16.3. The van der Waals surface area contributed by atoms with Crippen molar-refractivity contribution in [2.45, 2.75) is 44.8 Å². The Labute approximate surface area is 113 Å². The van der Waals surface area contributed by atoms with Crippen LogP contribution in [0.3, 0.4) is 0 Å². The third-order valence-electron chi connectivity index (χ3n) is 3.77. The van der Waals surface area contributed by atoms with Gasteiger partial charge in [0.05, 0.1) is 18.4 Å². The summed E-state index contributed by atoms with van der Waals surface area (Å²) in [5.41, 5.74) is 2.47. The molecular weight excluding hydrogens is 238 g/mol. The van der Waals surface area contributed by atoms with Gasteiger partial charge in [-0.25, -0.2) is 0 Å². The Balaban J connectivity index is 1.50. The van der Waals surface area contributed by atoms with Crippen molar-refractivity contribution < 1.29 is 0 Å². The van der Waals surface area contributed by atoms with Gasteiger partial charge in [0, 0.05) is 43.7 Å². The summed E-state index contributed by atoms with van der Waals surface area (Å²) >= 11 is 0. The molecule has 2 aromatic rings. The molecule has 0 aliphatic heterocycles. The summed E-state index contributed by atoms with van der Waals surface area (Å²) in [4.78, 5) is 0. The van der Waals surface area contributed by atoms with E-state index in [1.165, 1.54) is 36.8 Å². The Morgan fingerprint density at radius 2 is 1.79 bits per heavy atom. The zero-order valence-electron chi connectivity index (χ0n) is 11.4. The van der Waals surface area contributed by atoms with Gasteiger partial charge in [0.1, 0.15) is 0 Å². The van der Waals surface area contributed by atoms with Gasteiger partial charge in [0.15, 0.2) is 0 Å².